The molecule has 6 nitrogen and oxygen atoms in total. The van der Waals surface area contributed by atoms with E-state index < -0.39 is 5.97 Å². The molecule has 0 amide bonds. The van der Waals surface area contributed by atoms with E-state index in [1.807, 2.05) is 6.07 Å². The number of rotatable bonds is 2. The van der Waals surface area contributed by atoms with Crippen molar-refractivity contribution in [1.29, 1.82) is 0 Å². The molecular weight excluding hydrogens is 248 g/mol. The molecule has 19 heavy (non-hydrogen) atoms. The number of carboxylic acids is 1. The van der Waals surface area contributed by atoms with Gasteiger partial charge in [0.1, 0.15) is 5.82 Å². The number of pyridine rings is 1. The zero-order chi connectivity index (χ0) is 13.4. The van der Waals surface area contributed by atoms with Crippen LogP contribution in [0.2, 0.25) is 0 Å². The van der Waals surface area contributed by atoms with Gasteiger partial charge in [0.25, 0.3) is 0 Å². The molecule has 0 fully saturated rings. The van der Waals surface area contributed by atoms with Gasteiger partial charge in [-0.05, 0) is 29.8 Å². The topological polar surface area (TPSA) is 94.7 Å². The van der Waals surface area contributed by atoms with Crippen LogP contribution < -0.4 is 15.2 Å². The molecule has 2 aromatic rings. The number of hydrogen-bond donors (Lipinski definition) is 2. The fourth-order valence-corrected chi connectivity index (χ4v) is 1.90. The molecule has 3 rings (SSSR count). The maximum atomic E-state index is 10.8. The van der Waals surface area contributed by atoms with Gasteiger partial charge in [-0.15, -0.1) is 0 Å². The molecule has 96 valence electrons. The lowest BCUT2D eigenvalue weighted by atomic mass is 10.1. The van der Waals surface area contributed by atoms with Crippen molar-refractivity contribution in [3.05, 3.63) is 36.0 Å². The molecule has 0 saturated carbocycles. The average Bonchev–Trinajstić information content (AvgIpc) is 2.85. The lowest BCUT2D eigenvalue weighted by Crippen LogP contribution is -2.04. The highest BCUT2D eigenvalue weighted by Gasteiger charge is 2.16. The number of nitrogens with two attached hydrogens (primary N) is 1. The number of benzene rings is 1. The van der Waals surface area contributed by atoms with Crippen molar-refractivity contribution in [1.82, 2.24) is 4.98 Å². The first-order valence-corrected chi connectivity index (χ1v) is 5.55. The monoisotopic (exact) mass is 258 g/mol. The molecule has 0 radical (unpaired) electrons. The van der Waals surface area contributed by atoms with Crippen LogP contribution >= 0.6 is 0 Å². The largest absolute Gasteiger partial charge is 0.477 e. The molecule has 0 atom stereocenters. The number of carbonyl (C=O) groups is 1. The summed E-state index contributed by atoms with van der Waals surface area (Å²) in [7, 11) is 0. The molecule has 0 saturated heterocycles. The van der Waals surface area contributed by atoms with E-state index in [4.69, 9.17) is 20.3 Å². The predicted octanol–water partition coefficient (Wildman–Crippen LogP) is 1.76. The highest BCUT2D eigenvalue weighted by atomic mass is 16.7. The second-order valence-corrected chi connectivity index (χ2v) is 4.00. The van der Waals surface area contributed by atoms with Crippen molar-refractivity contribution < 1.29 is 19.4 Å². The van der Waals surface area contributed by atoms with Crippen molar-refractivity contribution in [2.75, 3.05) is 12.5 Å². The number of hydrogen-bond acceptors (Lipinski definition) is 5. The van der Waals surface area contributed by atoms with Gasteiger partial charge < -0.3 is 20.3 Å². The Morgan fingerprint density at radius 1 is 1.21 bits per heavy atom. The fourth-order valence-electron chi connectivity index (χ4n) is 1.90. The Morgan fingerprint density at radius 2 is 2.00 bits per heavy atom. The third kappa shape index (κ3) is 1.93. The second-order valence-electron chi connectivity index (χ2n) is 4.00. The number of ether oxygens (including phenoxy) is 2. The molecule has 1 aliphatic heterocycles. The molecular formula is C13H10N2O4. The van der Waals surface area contributed by atoms with Crippen LogP contribution in [0.1, 0.15) is 10.5 Å². The van der Waals surface area contributed by atoms with Crippen LogP contribution in [-0.4, -0.2) is 22.9 Å². The van der Waals surface area contributed by atoms with Crippen LogP contribution in [0.3, 0.4) is 0 Å². The van der Waals surface area contributed by atoms with Gasteiger partial charge in [-0.3, -0.25) is 0 Å². The summed E-state index contributed by atoms with van der Waals surface area (Å²) in [4.78, 5) is 14.6. The number of aromatic nitrogens is 1. The Morgan fingerprint density at radius 3 is 2.74 bits per heavy atom. The van der Waals surface area contributed by atoms with Gasteiger partial charge in [0, 0.05) is 5.56 Å². The summed E-state index contributed by atoms with van der Waals surface area (Å²) >= 11 is 0. The van der Waals surface area contributed by atoms with E-state index in [1.54, 1.807) is 18.2 Å². The summed E-state index contributed by atoms with van der Waals surface area (Å²) < 4.78 is 10.5. The Hall–Kier alpha value is -2.76. The van der Waals surface area contributed by atoms with E-state index >= 15 is 0 Å². The van der Waals surface area contributed by atoms with Crippen molar-refractivity contribution in [2.45, 2.75) is 0 Å². The predicted molar refractivity (Wildman–Crippen MR) is 67.2 cm³/mol. The zero-order valence-corrected chi connectivity index (χ0v) is 9.79. The van der Waals surface area contributed by atoms with Crippen LogP contribution in [0.5, 0.6) is 11.5 Å². The van der Waals surface area contributed by atoms with E-state index in [2.05, 4.69) is 4.98 Å². The lowest BCUT2D eigenvalue weighted by Gasteiger charge is -2.07. The number of anilines is 1. The van der Waals surface area contributed by atoms with Gasteiger partial charge in [-0.25, -0.2) is 9.78 Å². The van der Waals surface area contributed by atoms with Gasteiger partial charge in [0.2, 0.25) is 6.79 Å². The summed E-state index contributed by atoms with van der Waals surface area (Å²) in [5.74, 6) is 0.374. The first kappa shape index (κ1) is 11.3. The van der Waals surface area contributed by atoms with E-state index in [-0.39, 0.29) is 18.3 Å². The molecule has 6 heteroatoms. The first-order chi connectivity index (χ1) is 9.15. The minimum Gasteiger partial charge on any atom is -0.477 e. The first-order valence-electron chi connectivity index (χ1n) is 5.55. The Labute approximate surface area is 108 Å². The van der Waals surface area contributed by atoms with Gasteiger partial charge in [0.05, 0.1) is 0 Å². The molecule has 1 aliphatic rings. The normalized spacial score (nSPS) is 12.4. The highest BCUT2D eigenvalue weighted by molar-refractivity contribution is 5.87. The van der Waals surface area contributed by atoms with Crippen molar-refractivity contribution >= 4 is 11.8 Å². The number of fused-ring (bicyclic) bond motifs is 1. The van der Waals surface area contributed by atoms with E-state index in [0.29, 0.717) is 17.1 Å². The molecule has 1 aromatic carbocycles. The number of carboxylic acid groups (broad SMARTS) is 1. The van der Waals surface area contributed by atoms with E-state index in [9.17, 15) is 4.79 Å². The average molecular weight is 258 g/mol. The van der Waals surface area contributed by atoms with Gasteiger partial charge in [0.15, 0.2) is 17.2 Å². The van der Waals surface area contributed by atoms with Crippen molar-refractivity contribution in [3.8, 4) is 22.6 Å². The number of aromatic carboxylic acids is 1. The minimum atomic E-state index is -1.11. The van der Waals surface area contributed by atoms with Gasteiger partial charge >= 0.3 is 5.97 Å². The quantitative estimate of drug-likeness (QED) is 0.852. The Kier molecular flexibility index (Phi) is 2.49. The third-order valence-corrected chi connectivity index (χ3v) is 2.83. The van der Waals surface area contributed by atoms with Crippen LogP contribution in [0, 0.1) is 0 Å². The maximum absolute atomic E-state index is 10.8. The zero-order valence-electron chi connectivity index (χ0n) is 9.79. The second kappa shape index (κ2) is 4.16. The molecule has 1 aromatic heterocycles. The summed E-state index contributed by atoms with van der Waals surface area (Å²) in [6.45, 7) is 0.199. The molecule has 0 aliphatic carbocycles. The van der Waals surface area contributed by atoms with E-state index in [0.717, 1.165) is 5.56 Å². The minimum absolute atomic E-state index is 0.0815. The summed E-state index contributed by atoms with van der Waals surface area (Å²) in [6, 6.07) is 8.43. The summed E-state index contributed by atoms with van der Waals surface area (Å²) in [6.07, 6.45) is 0. The summed E-state index contributed by atoms with van der Waals surface area (Å²) in [5.41, 5.74) is 7.16. The molecule has 2 heterocycles. The molecule has 0 spiro atoms. The Bertz CT molecular complexity index is 670. The van der Waals surface area contributed by atoms with Crippen LogP contribution in [0.25, 0.3) is 11.1 Å². The molecule has 0 unspecified atom stereocenters. The fraction of sp³-hybridized carbons (Fsp3) is 0.0769. The standard InChI is InChI=1S/C13H10N2O4/c14-12-8(2-3-9(15-12)13(16)17)7-1-4-10-11(5-7)19-6-18-10/h1-5H,6H2,(H2,14,15)(H,16,17). The van der Waals surface area contributed by atoms with Crippen molar-refractivity contribution in [3.63, 3.8) is 0 Å². The summed E-state index contributed by atoms with van der Waals surface area (Å²) in [5, 5.41) is 8.84. The molecule has 3 N–H and O–H groups in total. The third-order valence-electron chi connectivity index (χ3n) is 2.83. The van der Waals surface area contributed by atoms with Crippen LogP contribution in [-0.2, 0) is 0 Å². The Balaban J connectivity index is 2.05. The lowest BCUT2D eigenvalue weighted by molar-refractivity contribution is 0.0690. The highest BCUT2D eigenvalue weighted by Crippen LogP contribution is 2.37. The van der Waals surface area contributed by atoms with Gasteiger partial charge in [-0.2, -0.15) is 0 Å². The number of nitrogens with zero attached hydrogens (tertiary/aromatic N) is 1. The van der Waals surface area contributed by atoms with Gasteiger partial charge in [-0.1, -0.05) is 6.07 Å². The molecule has 0 bridgehead atoms. The van der Waals surface area contributed by atoms with Crippen LogP contribution in [0.15, 0.2) is 30.3 Å². The van der Waals surface area contributed by atoms with Crippen LogP contribution in [0.4, 0.5) is 5.82 Å². The van der Waals surface area contributed by atoms with Crippen molar-refractivity contribution in [2.24, 2.45) is 0 Å². The maximum Gasteiger partial charge on any atom is 0.354 e. The van der Waals surface area contributed by atoms with E-state index in [1.165, 1.54) is 6.07 Å². The SMILES string of the molecule is Nc1nc(C(=O)O)ccc1-c1ccc2c(c1)OCO2. The smallest absolute Gasteiger partial charge is 0.354 e. The number of nitrogen functional groups attached to an aromatic ring is 1.